The molecule has 1 saturated carbocycles. The summed E-state index contributed by atoms with van der Waals surface area (Å²) in [6.07, 6.45) is 1.87. The van der Waals surface area contributed by atoms with Gasteiger partial charge in [-0.2, -0.15) is 0 Å². The monoisotopic (exact) mass is 268 g/mol. The van der Waals surface area contributed by atoms with E-state index < -0.39 is 23.1 Å². The molecule has 0 aliphatic heterocycles. The number of likely N-dealkylation sites (N-methyl/N-ethyl adjacent to an activating group) is 1. The maximum atomic E-state index is 13.4. The number of nitrogens with zero attached hydrogens (tertiary/aromatic N) is 1. The largest absolute Gasteiger partial charge is 0.352 e. The van der Waals surface area contributed by atoms with Gasteiger partial charge in [0.1, 0.15) is 17.2 Å². The lowest BCUT2D eigenvalue weighted by Gasteiger charge is -2.17. The Kier molecular flexibility index (Phi) is 3.78. The van der Waals surface area contributed by atoms with Crippen LogP contribution in [0.3, 0.4) is 0 Å². The Hall–Kier alpha value is -1.98. The van der Waals surface area contributed by atoms with Crippen LogP contribution in [0.2, 0.25) is 0 Å². The highest BCUT2D eigenvalue weighted by Gasteiger charge is 2.26. The van der Waals surface area contributed by atoms with Gasteiger partial charge in [-0.15, -0.1) is 0 Å². The van der Waals surface area contributed by atoms with E-state index in [1.54, 1.807) is 0 Å². The number of hydrogen-bond donors (Lipinski definition) is 1. The van der Waals surface area contributed by atoms with Crippen LogP contribution in [-0.4, -0.2) is 36.3 Å². The summed E-state index contributed by atoms with van der Waals surface area (Å²) in [6, 6.07) is 3.38. The Morgan fingerprint density at radius 2 is 1.89 bits per heavy atom. The number of benzene rings is 1. The summed E-state index contributed by atoms with van der Waals surface area (Å²) in [5, 5.41) is 2.70. The maximum Gasteiger partial charge on any atom is 0.260 e. The van der Waals surface area contributed by atoms with Gasteiger partial charge in [-0.1, -0.05) is 6.07 Å². The third-order valence-electron chi connectivity index (χ3n) is 2.85. The highest BCUT2D eigenvalue weighted by Crippen LogP contribution is 2.18. The van der Waals surface area contributed by atoms with Crippen molar-refractivity contribution in [2.24, 2.45) is 0 Å². The van der Waals surface area contributed by atoms with Crippen LogP contribution < -0.4 is 5.32 Å². The van der Waals surface area contributed by atoms with E-state index in [0.29, 0.717) is 0 Å². The molecular weight excluding hydrogens is 254 g/mol. The first-order valence-electron chi connectivity index (χ1n) is 5.98. The van der Waals surface area contributed by atoms with Crippen LogP contribution in [-0.2, 0) is 4.79 Å². The summed E-state index contributed by atoms with van der Waals surface area (Å²) in [4.78, 5) is 24.4. The minimum atomic E-state index is -0.931. The molecule has 0 bridgehead atoms. The third-order valence-corrected chi connectivity index (χ3v) is 2.85. The van der Waals surface area contributed by atoms with Gasteiger partial charge in [0.05, 0.1) is 6.54 Å². The quantitative estimate of drug-likeness (QED) is 0.895. The van der Waals surface area contributed by atoms with Crippen molar-refractivity contribution in [1.29, 1.82) is 0 Å². The standard InChI is InChI=1S/C13H14F2N2O2/c1-17(7-11(18)16-8-5-6-8)13(19)12-9(14)3-2-4-10(12)15/h2-4,8H,5-7H2,1H3,(H,16,18). The number of nitrogens with one attached hydrogen (secondary N) is 1. The van der Waals surface area contributed by atoms with Gasteiger partial charge in [0.15, 0.2) is 0 Å². The van der Waals surface area contributed by atoms with Gasteiger partial charge in [-0.3, -0.25) is 9.59 Å². The van der Waals surface area contributed by atoms with Crippen molar-refractivity contribution in [2.45, 2.75) is 18.9 Å². The molecule has 2 amide bonds. The second-order valence-electron chi connectivity index (χ2n) is 4.60. The molecule has 0 aromatic heterocycles. The van der Waals surface area contributed by atoms with Crippen molar-refractivity contribution >= 4 is 11.8 Å². The van der Waals surface area contributed by atoms with Gasteiger partial charge in [0.25, 0.3) is 5.91 Å². The van der Waals surface area contributed by atoms with Crippen LogP contribution in [0, 0.1) is 11.6 Å². The van der Waals surface area contributed by atoms with Crippen LogP contribution in [0.15, 0.2) is 18.2 Å². The predicted molar refractivity (Wildman–Crippen MR) is 64.5 cm³/mol. The molecule has 6 heteroatoms. The number of hydrogen-bond acceptors (Lipinski definition) is 2. The molecule has 0 unspecified atom stereocenters. The average Bonchev–Trinajstić information content (AvgIpc) is 3.12. The SMILES string of the molecule is CN(CC(=O)NC1CC1)C(=O)c1c(F)cccc1F. The van der Waals surface area contributed by atoms with Crippen LogP contribution >= 0.6 is 0 Å². The van der Waals surface area contributed by atoms with Crippen molar-refractivity contribution in [2.75, 3.05) is 13.6 Å². The Bertz CT molecular complexity index is 495. The summed E-state index contributed by atoms with van der Waals surface area (Å²) < 4.78 is 26.9. The lowest BCUT2D eigenvalue weighted by molar-refractivity contribution is -0.121. The maximum absolute atomic E-state index is 13.4. The molecule has 1 aliphatic rings. The van der Waals surface area contributed by atoms with Crippen LogP contribution in [0.25, 0.3) is 0 Å². The molecular formula is C13H14F2N2O2. The van der Waals surface area contributed by atoms with Crippen LogP contribution in [0.1, 0.15) is 23.2 Å². The highest BCUT2D eigenvalue weighted by atomic mass is 19.1. The fourth-order valence-corrected chi connectivity index (χ4v) is 1.68. The van der Waals surface area contributed by atoms with Crippen molar-refractivity contribution in [3.05, 3.63) is 35.4 Å². The first kappa shape index (κ1) is 13.5. The molecule has 2 rings (SSSR count). The summed E-state index contributed by atoms with van der Waals surface area (Å²) in [6.45, 7) is -0.219. The lowest BCUT2D eigenvalue weighted by Crippen LogP contribution is -2.39. The van der Waals surface area contributed by atoms with Gasteiger partial charge >= 0.3 is 0 Å². The third kappa shape index (κ3) is 3.27. The molecule has 0 radical (unpaired) electrons. The molecule has 0 atom stereocenters. The van der Waals surface area contributed by atoms with Crippen molar-refractivity contribution in [3.63, 3.8) is 0 Å². The summed E-state index contributed by atoms with van der Waals surface area (Å²) in [7, 11) is 1.33. The summed E-state index contributed by atoms with van der Waals surface area (Å²) in [5.74, 6) is -3.03. The first-order chi connectivity index (χ1) is 8.99. The van der Waals surface area contributed by atoms with E-state index in [1.807, 2.05) is 0 Å². The van der Waals surface area contributed by atoms with Crippen LogP contribution in [0.4, 0.5) is 8.78 Å². The minimum absolute atomic E-state index is 0.182. The number of halogens is 2. The normalized spacial score (nSPS) is 14.1. The number of rotatable bonds is 4. The van der Waals surface area contributed by atoms with E-state index in [9.17, 15) is 18.4 Å². The minimum Gasteiger partial charge on any atom is -0.352 e. The summed E-state index contributed by atoms with van der Waals surface area (Å²) in [5.41, 5.74) is -0.635. The topological polar surface area (TPSA) is 49.4 Å². The van der Waals surface area contributed by atoms with E-state index in [-0.39, 0.29) is 18.5 Å². The Morgan fingerprint density at radius 1 is 1.32 bits per heavy atom. The Morgan fingerprint density at radius 3 is 2.42 bits per heavy atom. The second-order valence-corrected chi connectivity index (χ2v) is 4.60. The molecule has 19 heavy (non-hydrogen) atoms. The molecule has 0 heterocycles. The fourth-order valence-electron chi connectivity index (χ4n) is 1.68. The van der Waals surface area contributed by atoms with E-state index >= 15 is 0 Å². The van der Waals surface area contributed by atoms with Gasteiger partial charge in [-0.05, 0) is 25.0 Å². The van der Waals surface area contributed by atoms with Crippen molar-refractivity contribution < 1.29 is 18.4 Å². The predicted octanol–water partition coefficient (Wildman–Crippen LogP) is 1.32. The van der Waals surface area contributed by atoms with Gasteiger partial charge in [0, 0.05) is 13.1 Å². The van der Waals surface area contributed by atoms with Gasteiger partial charge in [0.2, 0.25) is 5.91 Å². The van der Waals surface area contributed by atoms with E-state index in [2.05, 4.69) is 5.32 Å². The molecule has 1 fully saturated rings. The second kappa shape index (κ2) is 5.34. The number of amides is 2. The van der Waals surface area contributed by atoms with E-state index in [4.69, 9.17) is 0 Å². The molecule has 1 aromatic rings. The smallest absolute Gasteiger partial charge is 0.260 e. The lowest BCUT2D eigenvalue weighted by atomic mass is 10.1. The zero-order valence-electron chi connectivity index (χ0n) is 10.5. The molecule has 0 spiro atoms. The van der Waals surface area contributed by atoms with Crippen LogP contribution in [0.5, 0.6) is 0 Å². The number of carbonyl (C=O) groups excluding carboxylic acids is 2. The zero-order valence-corrected chi connectivity index (χ0v) is 10.5. The number of carbonyl (C=O) groups is 2. The molecule has 1 aromatic carbocycles. The van der Waals surface area contributed by atoms with E-state index in [0.717, 1.165) is 29.9 Å². The molecule has 0 saturated heterocycles. The average molecular weight is 268 g/mol. The van der Waals surface area contributed by atoms with Gasteiger partial charge < -0.3 is 10.2 Å². The molecule has 1 aliphatic carbocycles. The molecule has 1 N–H and O–H groups in total. The van der Waals surface area contributed by atoms with Crippen molar-refractivity contribution in [3.8, 4) is 0 Å². The van der Waals surface area contributed by atoms with Gasteiger partial charge in [-0.25, -0.2) is 8.78 Å². The molecule has 4 nitrogen and oxygen atoms in total. The molecule has 102 valence electrons. The highest BCUT2D eigenvalue weighted by molar-refractivity contribution is 5.96. The summed E-state index contributed by atoms with van der Waals surface area (Å²) >= 11 is 0. The van der Waals surface area contributed by atoms with Crippen molar-refractivity contribution in [1.82, 2.24) is 10.2 Å². The Balaban J connectivity index is 2.03. The fraction of sp³-hybridized carbons (Fsp3) is 0.385. The Labute approximate surface area is 109 Å². The van der Waals surface area contributed by atoms with E-state index in [1.165, 1.54) is 13.1 Å². The first-order valence-corrected chi connectivity index (χ1v) is 5.98. The zero-order chi connectivity index (χ0) is 14.0.